The second-order valence-corrected chi connectivity index (χ2v) is 10.4. The van der Waals surface area contributed by atoms with Gasteiger partial charge in [-0.2, -0.15) is 13.2 Å². The molecule has 0 aliphatic carbocycles. The smallest absolute Gasteiger partial charge is 0.416 e. The van der Waals surface area contributed by atoms with Gasteiger partial charge >= 0.3 is 6.18 Å². The molecule has 9 nitrogen and oxygen atoms in total. The number of carbonyl (C=O) groups excluding carboxylic acids is 3. The van der Waals surface area contributed by atoms with E-state index in [4.69, 9.17) is 0 Å². The number of halogens is 3. The number of aromatic nitrogens is 1. The highest BCUT2D eigenvalue weighted by molar-refractivity contribution is 6.06. The van der Waals surface area contributed by atoms with Crippen molar-refractivity contribution < 1.29 is 32.7 Å². The van der Waals surface area contributed by atoms with Crippen molar-refractivity contribution >= 4 is 29.1 Å². The summed E-state index contributed by atoms with van der Waals surface area (Å²) in [6, 6.07) is 17.0. The van der Waals surface area contributed by atoms with Crippen LogP contribution in [0.15, 0.2) is 83.8 Å². The summed E-state index contributed by atoms with van der Waals surface area (Å²) >= 11 is 0. The molecular formula is C32H27F3N4O5. The Balaban J connectivity index is 1.53. The van der Waals surface area contributed by atoms with Crippen molar-refractivity contribution in [3.8, 4) is 5.75 Å². The molecule has 0 radical (unpaired) electrons. The van der Waals surface area contributed by atoms with Crippen molar-refractivity contribution in [2.24, 2.45) is 0 Å². The molecule has 0 bridgehead atoms. The average molecular weight is 605 g/mol. The van der Waals surface area contributed by atoms with Crippen LogP contribution in [0.3, 0.4) is 0 Å². The number of nitrogens with one attached hydrogen (secondary N) is 2. The van der Waals surface area contributed by atoms with E-state index in [2.05, 4.69) is 10.6 Å². The minimum Gasteiger partial charge on any atom is -0.503 e. The van der Waals surface area contributed by atoms with Crippen LogP contribution in [0.5, 0.6) is 5.75 Å². The fraction of sp³-hybridized carbons (Fsp3) is 0.188. The first-order valence-corrected chi connectivity index (χ1v) is 13.5. The summed E-state index contributed by atoms with van der Waals surface area (Å²) in [6.07, 6.45) is -3.64. The molecule has 3 N–H and O–H groups in total. The summed E-state index contributed by atoms with van der Waals surface area (Å²) in [4.78, 5) is 54.9. The van der Waals surface area contributed by atoms with Crippen molar-refractivity contribution in [2.75, 3.05) is 10.6 Å². The van der Waals surface area contributed by atoms with Crippen molar-refractivity contribution in [1.82, 2.24) is 9.47 Å². The number of pyridine rings is 1. The second kappa shape index (κ2) is 11.7. The maximum Gasteiger partial charge on any atom is 0.416 e. The minimum absolute atomic E-state index is 0.0179. The molecule has 12 heteroatoms. The van der Waals surface area contributed by atoms with Gasteiger partial charge in [-0.3, -0.25) is 19.2 Å². The standard InChI is InChI=1S/C32H27F3N4O5/c1-18-8-6-9-19(2)25(18)37-30(43)24-17-38-16-23(29(42)36-22-13-7-12-21(14-22)32(33,34)35)27(40)28(41)26(38)31(44)39(24)15-20-10-4-3-5-11-20/h3-14,16,24,41H,15,17H2,1-2H3,(H,36,42)(H,37,43). The van der Waals surface area contributed by atoms with Gasteiger partial charge < -0.3 is 25.2 Å². The Hall–Kier alpha value is -5.39. The van der Waals surface area contributed by atoms with Gasteiger partial charge in [0.2, 0.25) is 11.3 Å². The summed E-state index contributed by atoms with van der Waals surface area (Å²) < 4.78 is 40.6. The minimum atomic E-state index is -4.66. The molecule has 1 atom stereocenters. The number of aromatic hydroxyl groups is 1. The number of benzene rings is 3. The van der Waals surface area contributed by atoms with E-state index in [1.165, 1.54) is 11.0 Å². The second-order valence-electron chi connectivity index (χ2n) is 10.4. The van der Waals surface area contributed by atoms with Crippen LogP contribution in [0, 0.1) is 13.8 Å². The topological polar surface area (TPSA) is 121 Å². The fourth-order valence-corrected chi connectivity index (χ4v) is 5.12. The van der Waals surface area contributed by atoms with E-state index in [9.17, 15) is 37.5 Å². The summed E-state index contributed by atoms with van der Waals surface area (Å²) in [5.74, 6) is -3.47. The maximum absolute atomic E-state index is 13.8. The van der Waals surface area contributed by atoms with E-state index in [-0.39, 0.29) is 18.8 Å². The molecule has 0 saturated heterocycles. The predicted octanol–water partition coefficient (Wildman–Crippen LogP) is 5.11. The summed E-state index contributed by atoms with van der Waals surface area (Å²) in [5.41, 5.74) is -0.621. The van der Waals surface area contributed by atoms with E-state index >= 15 is 0 Å². The third-order valence-electron chi connectivity index (χ3n) is 7.39. The first kappa shape index (κ1) is 30.1. The Morgan fingerprint density at radius 3 is 2.25 bits per heavy atom. The van der Waals surface area contributed by atoms with Crippen molar-refractivity contribution in [1.29, 1.82) is 0 Å². The average Bonchev–Trinajstić information content (AvgIpc) is 2.98. The summed E-state index contributed by atoms with van der Waals surface area (Å²) in [6.45, 7) is 3.39. The largest absolute Gasteiger partial charge is 0.503 e. The number of hydrogen-bond donors (Lipinski definition) is 3. The van der Waals surface area contributed by atoms with Crippen LogP contribution >= 0.6 is 0 Å². The van der Waals surface area contributed by atoms with Crippen LogP contribution in [0.1, 0.15) is 43.1 Å². The molecule has 2 heterocycles. The van der Waals surface area contributed by atoms with Crippen LogP contribution in [0.4, 0.5) is 24.5 Å². The number of nitrogens with zero attached hydrogens (tertiary/aromatic N) is 2. The molecule has 1 unspecified atom stereocenters. The molecule has 44 heavy (non-hydrogen) atoms. The SMILES string of the molecule is Cc1cccc(C)c1NC(=O)C1Cn2cc(C(=O)Nc3cccc(C(F)(F)F)c3)c(=O)c(O)c2C(=O)N1Cc1ccccc1. The van der Waals surface area contributed by atoms with E-state index in [0.717, 1.165) is 34.0 Å². The lowest BCUT2D eigenvalue weighted by Gasteiger charge is -2.37. The van der Waals surface area contributed by atoms with Gasteiger partial charge in [0.25, 0.3) is 11.8 Å². The lowest BCUT2D eigenvalue weighted by atomic mass is 10.0. The highest BCUT2D eigenvalue weighted by Gasteiger charge is 2.40. The van der Waals surface area contributed by atoms with Crippen molar-refractivity contribution in [3.63, 3.8) is 0 Å². The number of aryl methyl sites for hydroxylation is 2. The van der Waals surface area contributed by atoms with Gasteiger partial charge in [0.15, 0.2) is 11.4 Å². The summed E-state index contributed by atoms with van der Waals surface area (Å²) in [5, 5.41) is 16.0. The normalized spacial score (nSPS) is 14.6. The highest BCUT2D eigenvalue weighted by atomic mass is 19.4. The monoisotopic (exact) mass is 604 g/mol. The van der Waals surface area contributed by atoms with Gasteiger partial charge in [-0.25, -0.2) is 0 Å². The number of anilines is 2. The first-order chi connectivity index (χ1) is 20.8. The zero-order valence-electron chi connectivity index (χ0n) is 23.6. The highest BCUT2D eigenvalue weighted by Crippen LogP contribution is 2.31. The van der Waals surface area contributed by atoms with Crippen molar-refractivity contribution in [2.45, 2.75) is 39.2 Å². The predicted molar refractivity (Wildman–Crippen MR) is 156 cm³/mol. The molecule has 5 rings (SSSR count). The first-order valence-electron chi connectivity index (χ1n) is 13.5. The van der Waals surface area contributed by atoms with Crippen LogP contribution in [0.25, 0.3) is 0 Å². The van der Waals surface area contributed by atoms with E-state index in [1.54, 1.807) is 30.3 Å². The molecule has 3 amide bonds. The third kappa shape index (κ3) is 5.91. The molecule has 0 fully saturated rings. The quantitative estimate of drug-likeness (QED) is 0.283. The van der Waals surface area contributed by atoms with E-state index in [1.807, 2.05) is 32.0 Å². The number of para-hydroxylation sites is 1. The van der Waals surface area contributed by atoms with Crippen LogP contribution in [-0.2, 0) is 24.1 Å². The molecule has 4 aromatic rings. The number of alkyl halides is 3. The van der Waals surface area contributed by atoms with Crippen molar-refractivity contribution in [3.05, 3.63) is 123 Å². The molecule has 1 aliphatic rings. The molecule has 3 aromatic carbocycles. The van der Waals surface area contributed by atoms with Gasteiger partial charge in [0.1, 0.15) is 11.6 Å². The lowest BCUT2D eigenvalue weighted by Crippen LogP contribution is -2.54. The number of amides is 3. The zero-order valence-corrected chi connectivity index (χ0v) is 23.6. The van der Waals surface area contributed by atoms with Gasteiger partial charge in [0.05, 0.1) is 12.1 Å². The fourth-order valence-electron chi connectivity index (χ4n) is 5.12. The molecule has 0 saturated carbocycles. The molecule has 226 valence electrons. The molecule has 1 aromatic heterocycles. The van der Waals surface area contributed by atoms with E-state index < -0.39 is 57.9 Å². The zero-order chi connectivity index (χ0) is 31.8. The molecular weight excluding hydrogens is 577 g/mol. The van der Waals surface area contributed by atoms with Gasteiger partial charge in [0, 0.05) is 24.1 Å². The Labute approximate surface area is 249 Å². The Bertz CT molecular complexity index is 1820. The van der Waals surface area contributed by atoms with Gasteiger partial charge in [-0.05, 0) is 48.7 Å². The molecule has 1 aliphatic heterocycles. The maximum atomic E-state index is 13.8. The number of rotatable bonds is 6. The third-order valence-corrected chi connectivity index (χ3v) is 7.39. The Morgan fingerprint density at radius 2 is 1.59 bits per heavy atom. The van der Waals surface area contributed by atoms with Crippen LogP contribution in [-0.4, -0.2) is 38.3 Å². The molecule has 0 spiro atoms. The number of hydrogen-bond acceptors (Lipinski definition) is 5. The number of carbonyl (C=O) groups is 3. The lowest BCUT2D eigenvalue weighted by molar-refractivity contribution is -0.137. The van der Waals surface area contributed by atoms with E-state index in [0.29, 0.717) is 17.3 Å². The summed E-state index contributed by atoms with van der Waals surface area (Å²) in [7, 11) is 0. The Kier molecular flexibility index (Phi) is 8.01. The Morgan fingerprint density at radius 1 is 0.932 bits per heavy atom. The number of fused-ring (bicyclic) bond motifs is 1. The van der Waals surface area contributed by atoms with Gasteiger partial charge in [-0.15, -0.1) is 0 Å². The van der Waals surface area contributed by atoms with Crippen LogP contribution < -0.4 is 16.1 Å². The van der Waals surface area contributed by atoms with Crippen LogP contribution in [0.2, 0.25) is 0 Å². The van der Waals surface area contributed by atoms with Gasteiger partial charge in [-0.1, -0.05) is 54.6 Å².